The van der Waals surface area contributed by atoms with Gasteiger partial charge >= 0.3 is 0 Å². The summed E-state index contributed by atoms with van der Waals surface area (Å²) in [6, 6.07) is 7.56. The zero-order valence-corrected chi connectivity index (χ0v) is 15.3. The largest absolute Gasteiger partial charge is 0.321 e. The van der Waals surface area contributed by atoms with Crippen molar-refractivity contribution in [3.05, 3.63) is 46.6 Å². The summed E-state index contributed by atoms with van der Waals surface area (Å²) in [7, 11) is -3.88. The van der Waals surface area contributed by atoms with Gasteiger partial charge in [-0.15, -0.1) is 11.8 Å². The van der Waals surface area contributed by atoms with Gasteiger partial charge in [-0.25, -0.2) is 18.5 Å². The fourth-order valence-electron chi connectivity index (χ4n) is 1.74. The van der Waals surface area contributed by atoms with Crippen LogP contribution >= 0.6 is 27.7 Å². The van der Waals surface area contributed by atoms with Crippen molar-refractivity contribution >= 4 is 49.3 Å². The SMILES string of the molecule is CCSc1ccc(NC(=O)c2cc(S(N)(=O)=O)ccc2Br)cn1. The number of carbonyl (C=O) groups excluding carboxylic acids is 1. The van der Waals surface area contributed by atoms with Crippen LogP contribution in [0.5, 0.6) is 0 Å². The van der Waals surface area contributed by atoms with Gasteiger partial charge in [0.1, 0.15) is 0 Å². The molecule has 0 saturated heterocycles. The van der Waals surface area contributed by atoms with E-state index in [9.17, 15) is 13.2 Å². The minimum absolute atomic E-state index is 0.126. The second kappa shape index (κ2) is 7.43. The third-order valence-electron chi connectivity index (χ3n) is 2.80. The fraction of sp³-hybridized carbons (Fsp3) is 0.143. The number of pyridine rings is 1. The molecule has 0 aliphatic carbocycles. The van der Waals surface area contributed by atoms with Gasteiger partial charge in [-0.1, -0.05) is 6.92 Å². The second-order valence-corrected chi connectivity index (χ2v) is 8.16. The number of benzene rings is 1. The molecule has 1 heterocycles. The third-order valence-corrected chi connectivity index (χ3v) is 5.23. The standard InChI is InChI=1S/C14H14BrN3O3S2/c1-2-22-13-6-3-9(8-17-13)18-14(19)11-7-10(23(16,20)21)4-5-12(11)15/h3-8H,2H2,1H3,(H,18,19)(H2,16,20,21). The molecule has 0 spiro atoms. The van der Waals surface area contributed by atoms with E-state index in [1.165, 1.54) is 18.2 Å². The molecule has 2 rings (SSSR count). The maximum atomic E-state index is 12.3. The molecule has 1 amide bonds. The average molecular weight is 416 g/mol. The number of rotatable bonds is 5. The Balaban J connectivity index is 2.23. The first-order valence-corrected chi connectivity index (χ1v) is 9.86. The van der Waals surface area contributed by atoms with Crippen LogP contribution < -0.4 is 10.5 Å². The van der Waals surface area contributed by atoms with Crippen molar-refractivity contribution in [3.63, 3.8) is 0 Å². The Hall–Kier alpha value is -1.42. The zero-order valence-electron chi connectivity index (χ0n) is 12.1. The molecule has 9 heteroatoms. The highest BCUT2D eigenvalue weighted by atomic mass is 79.9. The van der Waals surface area contributed by atoms with Gasteiger partial charge in [0.2, 0.25) is 10.0 Å². The fourth-order valence-corrected chi connectivity index (χ4v) is 3.30. The van der Waals surface area contributed by atoms with Gasteiger partial charge in [-0.05, 0) is 52.0 Å². The smallest absolute Gasteiger partial charge is 0.256 e. The number of nitrogens with two attached hydrogens (primary N) is 1. The molecule has 0 aliphatic rings. The lowest BCUT2D eigenvalue weighted by molar-refractivity contribution is 0.102. The third kappa shape index (κ3) is 4.77. The van der Waals surface area contributed by atoms with Crippen molar-refractivity contribution in [2.24, 2.45) is 5.14 Å². The molecule has 0 atom stereocenters. The number of hydrogen-bond donors (Lipinski definition) is 2. The van der Waals surface area contributed by atoms with Crippen molar-refractivity contribution in [1.82, 2.24) is 4.98 Å². The number of hydrogen-bond acceptors (Lipinski definition) is 5. The zero-order chi connectivity index (χ0) is 17.0. The lowest BCUT2D eigenvalue weighted by atomic mass is 10.2. The molecule has 0 radical (unpaired) electrons. The second-order valence-electron chi connectivity index (χ2n) is 4.46. The number of nitrogens with zero attached hydrogens (tertiary/aromatic N) is 1. The summed E-state index contributed by atoms with van der Waals surface area (Å²) in [5.41, 5.74) is 0.687. The minimum atomic E-state index is -3.88. The molecule has 1 aromatic carbocycles. The van der Waals surface area contributed by atoms with Gasteiger partial charge in [0.05, 0.1) is 27.4 Å². The van der Waals surface area contributed by atoms with Crippen LogP contribution in [-0.4, -0.2) is 25.1 Å². The van der Waals surface area contributed by atoms with Gasteiger partial charge in [0, 0.05) is 4.47 Å². The Labute approximate surface area is 147 Å². The molecule has 0 bridgehead atoms. The lowest BCUT2D eigenvalue weighted by Gasteiger charge is -2.08. The van der Waals surface area contributed by atoms with Crippen molar-refractivity contribution in [2.75, 3.05) is 11.1 Å². The van der Waals surface area contributed by atoms with E-state index in [-0.39, 0.29) is 10.5 Å². The summed E-state index contributed by atoms with van der Waals surface area (Å²) in [4.78, 5) is 16.4. The molecule has 0 saturated carbocycles. The summed E-state index contributed by atoms with van der Waals surface area (Å²) >= 11 is 4.82. The summed E-state index contributed by atoms with van der Waals surface area (Å²) in [5.74, 6) is 0.450. The van der Waals surface area contributed by atoms with E-state index >= 15 is 0 Å². The van der Waals surface area contributed by atoms with Crippen molar-refractivity contribution in [1.29, 1.82) is 0 Å². The van der Waals surface area contributed by atoms with Crippen molar-refractivity contribution in [2.45, 2.75) is 16.8 Å². The molecule has 6 nitrogen and oxygen atoms in total. The molecule has 0 aliphatic heterocycles. The topological polar surface area (TPSA) is 102 Å². The molecule has 23 heavy (non-hydrogen) atoms. The molecule has 3 N–H and O–H groups in total. The molecule has 122 valence electrons. The highest BCUT2D eigenvalue weighted by molar-refractivity contribution is 9.10. The highest BCUT2D eigenvalue weighted by Crippen LogP contribution is 2.22. The van der Waals surface area contributed by atoms with Gasteiger partial charge in [-0.2, -0.15) is 0 Å². The Bertz CT molecular complexity index is 824. The van der Waals surface area contributed by atoms with Crippen LogP contribution in [0.25, 0.3) is 0 Å². The predicted octanol–water partition coefficient (Wildman–Crippen LogP) is 2.86. The van der Waals surface area contributed by atoms with E-state index in [4.69, 9.17) is 5.14 Å². The molecule has 0 unspecified atom stereocenters. The van der Waals surface area contributed by atoms with Gasteiger partial charge in [0.25, 0.3) is 5.91 Å². The molecule has 0 fully saturated rings. The van der Waals surface area contributed by atoms with Gasteiger partial charge < -0.3 is 5.32 Å². The summed E-state index contributed by atoms with van der Waals surface area (Å²) in [6.45, 7) is 2.03. The summed E-state index contributed by atoms with van der Waals surface area (Å²) in [5, 5.41) is 8.62. The van der Waals surface area contributed by atoms with E-state index in [0.717, 1.165) is 10.8 Å². The van der Waals surface area contributed by atoms with E-state index in [2.05, 4.69) is 26.2 Å². The summed E-state index contributed by atoms with van der Waals surface area (Å²) < 4.78 is 23.3. The van der Waals surface area contributed by atoms with E-state index in [1.807, 2.05) is 6.92 Å². The monoisotopic (exact) mass is 415 g/mol. The van der Waals surface area contributed by atoms with Crippen LogP contribution in [-0.2, 0) is 10.0 Å². The number of sulfonamides is 1. The number of anilines is 1. The first kappa shape index (κ1) is 17.9. The first-order chi connectivity index (χ1) is 10.8. The number of aromatic nitrogens is 1. The average Bonchev–Trinajstić information content (AvgIpc) is 2.48. The molecular weight excluding hydrogens is 402 g/mol. The van der Waals surface area contributed by atoms with Crippen molar-refractivity contribution in [3.8, 4) is 0 Å². The van der Waals surface area contributed by atoms with Gasteiger partial charge in [-0.3, -0.25) is 4.79 Å². The van der Waals surface area contributed by atoms with Crippen molar-refractivity contribution < 1.29 is 13.2 Å². The maximum Gasteiger partial charge on any atom is 0.256 e. The number of primary sulfonamides is 1. The number of halogens is 1. The Morgan fingerprint density at radius 2 is 2.09 bits per heavy atom. The number of nitrogens with one attached hydrogen (secondary N) is 1. The minimum Gasteiger partial charge on any atom is -0.321 e. The van der Waals surface area contributed by atoms with Crippen LogP contribution in [0.4, 0.5) is 5.69 Å². The molecule has 2 aromatic rings. The Morgan fingerprint density at radius 1 is 1.35 bits per heavy atom. The molecular formula is C14H14BrN3O3S2. The van der Waals surface area contributed by atoms with Crippen LogP contribution in [0.3, 0.4) is 0 Å². The van der Waals surface area contributed by atoms with Crippen LogP contribution in [0.2, 0.25) is 0 Å². The number of thioether (sulfide) groups is 1. The van der Waals surface area contributed by atoms with E-state index in [1.54, 1.807) is 30.1 Å². The highest BCUT2D eigenvalue weighted by Gasteiger charge is 2.16. The number of carbonyl (C=O) groups is 1. The predicted molar refractivity (Wildman–Crippen MR) is 94.1 cm³/mol. The van der Waals surface area contributed by atoms with E-state index < -0.39 is 15.9 Å². The normalized spacial score (nSPS) is 11.3. The first-order valence-electron chi connectivity index (χ1n) is 6.54. The van der Waals surface area contributed by atoms with Gasteiger partial charge in [0.15, 0.2) is 0 Å². The summed E-state index contributed by atoms with van der Waals surface area (Å²) in [6.07, 6.45) is 1.55. The molecule has 1 aromatic heterocycles. The van der Waals surface area contributed by atoms with Crippen LogP contribution in [0, 0.1) is 0 Å². The van der Waals surface area contributed by atoms with E-state index in [0.29, 0.717) is 10.2 Å². The van der Waals surface area contributed by atoms with Crippen LogP contribution in [0.15, 0.2) is 50.9 Å². The van der Waals surface area contributed by atoms with Crippen LogP contribution in [0.1, 0.15) is 17.3 Å². The maximum absolute atomic E-state index is 12.3. The lowest BCUT2D eigenvalue weighted by Crippen LogP contribution is -2.16. The Kier molecular flexibility index (Phi) is 5.79. The Morgan fingerprint density at radius 3 is 2.65 bits per heavy atom. The quantitative estimate of drug-likeness (QED) is 0.730. The number of amides is 1.